The number of nitrogens with zero attached hydrogens (tertiary/aromatic N) is 1. The Kier molecular flexibility index (Phi) is 4.37. The number of carbonyl (C=O) groups excluding carboxylic acids is 1. The minimum Gasteiger partial charge on any atom is -0.496 e. The molecular weight excluding hydrogens is 216 g/mol. The molecule has 2 N–H and O–H groups in total. The molecular formula is C13H20N2O2. The maximum absolute atomic E-state index is 12.3. The number of amides is 1. The normalized spacial score (nSPS) is 12.0. The Morgan fingerprint density at radius 2 is 2.18 bits per heavy atom. The fraction of sp³-hybridized carbons (Fsp3) is 0.462. The van der Waals surface area contributed by atoms with Crippen LogP contribution in [0.25, 0.3) is 0 Å². The van der Waals surface area contributed by atoms with Crippen LogP contribution >= 0.6 is 0 Å². The second-order valence-electron chi connectivity index (χ2n) is 4.10. The topological polar surface area (TPSA) is 55.6 Å². The highest BCUT2D eigenvalue weighted by molar-refractivity contribution is 6.01. The third-order valence-electron chi connectivity index (χ3n) is 3.06. The summed E-state index contributed by atoms with van der Waals surface area (Å²) < 4.78 is 5.18. The van der Waals surface area contributed by atoms with E-state index in [-0.39, 0.29) is 11.9 Å². The van der Waals surface area contributed by atoms with E-state index in [0.717, 1.165) is 6.42 Å². The zero-order chi connectivity index (χ0) is 13.0. The minimum absolute atomic E-state index is 0.102. The van der Waals surface area contributed by atoms with Crippen molar-refractivity contribution in [2.45, 2.75) is 26.3 Å². The number of hydrogen-bond acceptors (Lipinski definition) is 3. The molecule has 0 bridgehead atoms. The molecule has 1 atom stereocenters. The summed E-state index contributed by atoms with van der Waals surface area (Å²) in [5, 5.41) is 0. The lowest BCUT2D eigenvalue weighted by Gasteiger charge is -2.25. The summed E-state index contributed by atoms with van der Waals surface area (Å²) in [7, 11) is 3.32. The molecule has 0 aliphatic carbocycles. The zero-order valence-corrected chi connectivity index (χ0v) is 10.9. The molecule has 1 rings (SSSR count). The summed E-state index contributed by atoms with van der Waals surface area (Å²) >= 11 is 0. The molecule has 0 aliphatic rings. The van der Waals surface area contributed by atoms with Gasteiger partial charge in [0.15, 0.2) is 0 Å². The van der Waals surface area contributed by atoms with Crippen LogP contribution in [0.2, 0.25) is 0 Å². The van der Waals surface area contributed by atoms with E-state index in [1.807, 2.05) is 13.8 Å². The van der Waals surface area contributed by atoms with Gasteiger partial charge in [0.2, 0.25) is 0 Å². The number of hydrogen-bond donors (Lipinski definition) is 1. The average molecular weight is 236 g/mol. The first kappa shape index (κ1) is 13.4. The van der Waals surface area contributed by atoms with E-state index < -0.39 is 0 Å². The zero-order valence-electron chi connectivity index (χ0n) is 10.9. The second-order valence-corrected chi connectivity index (χ2v) is 4.10. The lowest BCUT2D eigenvalue weighted by molar-refractivity contribution is 0.0738. The lowest BCUT2D eigenvalue weighted by Crippen LogP contribution is -2.35. The van der Waals surface area contributed by atoms with Gasteiger partial charge in [-0.2, -0.15) is 0 Å². The molecule has 0 saturated carbocycles. The molecule has 17 heavy (non-hydrogen) atoms. The van der Waals surface area contributed by atoms with Gasteiger partial charge in [0.1, 0.15) is 11.3 Å². The van der Waals surface area contributed by atoms with Gasteiger partial charge in [0.25, 0.3) is 5.91 Å². The van der Waals surface area contributed by atoms with E-state index in [9.17, 15) is 4.79 Å². The first-order valence-corrected chi connectivity index (χ1v) is 5.72. The van der Waals surface area contributed by atoms with Crippen molar-refractivity contribution >= 4 is 11.6 Å². The molecule has 94 valence electrons. The van der Waals surface area contributed by atoms with E-state index in [4.69, 9.17) is 10.5 Å². The average Bonchev–Trinajstić information content (AvgIpc) is 2.35. The van der Waals surface area contributed by atoms with Gasteiger partial charge in [-0.3, -0.25) is 4.79 Å². The first-order valence-electron chi connectivity index (χ1n) is 5.72. The predicted octanol–water partition coefficient (Wildman–Crippen LogP) is 2.15. The number of benzene rings is 1. The number of anilines is 1. The Bertz CT molecular complexity index is 404. The highest BCUT2D eigenvalue weighted by atomic mass is 16.5. The number of nitrogen functional groups attached to an aromatic ring is 1. The van der Waals surface area contributed by atoms with Crippen LogP contribution in [-0.2, 0) is 0 Å². The van der Waals surface area contributed by atoms with Crippen molar-refractivity contribution in [1.29, 1.82) is 0 Å². The molecule has 0 aromatic heterocycles. The van der Waals surface area contributed by atoms with Crippen molar-refractivity contribution in [2.75, 3.05) is 19.9 Å². The van der Waals surface area contributed by atoms with Gasteiger partial charge >= 0.3 is 0 Å². The molecule has 0 saturated heterocycles. The third-order valence-corrected chi connectivity index (χ3v) is 3.06. The summed E-state index contributed by atoms with van der Waals surface area (Å²) in [5.74, 6) is 0.416. The Labute approximate surface area is 102 Å². The highest BCUT2D eigenvalue weighted by Gasteiger charge is 2.21. The number of ether oxygens (including phenoxy) is 1. The van der Waals surface area contributed by atoms with Gasteiger partial charge in [-0.05, 0) is 25.5 Å². The van der Waals surface area contributed by atoms with E-state index >= 15 is 0 Å². The number of rotatable bonds is 4. The van der Waals surface area contributed by atoms with Crippen LogP contribution in [0.1, 0.15) is 30.6 Å². The van der Waals surface area contributed by atoms with Crippen molar-refractivity contribution in [3.63, 3.8) is 0 Å². The number of carbonyl (C=O) groups is 1. The van der Waals surface area contributed by atoms with Crippen LogP contribution in [0.15, 0.2) is 18.2 Å². The van der Waals surface area contributed by atoms with Gasteiger partial charge in [0.05, 0.1) is 7.11 Å². The van der Waals surface area contributed by atoms with Crippen molar-refractivity contribution in [1.82, 2.24) is 4.90 Å². The second kappa shape index (κ2) is 5.57. The van der Waals surface area contributed by atoms with E-state index in [1.165, 1.54) is 7.11 Å². The molecule has 1 unspecified atom stereocenters. The molecule has 1 amide bonds. The van der Waals surface area contributed by atoms with Crippen molar-refractivity contribution in [3.05, 3.63) is 23.8 Å². The summed E-state index contributed by atoms with van der Waals surface area (Å²) in [4.78, 5) is 14.0. The van der Waals surface area contributed by atoms with Crippen LogP contribution in [0, 0.1) is 0 Å². The molecule has 0 fully saturated rings. The van der Waals surface area contributed by atoms with Crippen LogP contribution < -0.4 is 10.5 Å². The predicted molar refractivity (Wildman–Crippen MR) is 69.3 cm³/mol. The Morgan fingerprint density at radius 3 is 2.71 bits per heavy atom. The maximum Gasteiger partial charge on any atom is 0.259 e. The Hall–Kier alpha value is -1.71. The Morgan fingerprint density at radius 1 is 1.53 bits per heavy atom. The minimum atomic E-state index is -0.102. The smallest absolute Gasteiger partial charge is 0.259 e. The molecule has 0 heterocycles. The van der Waals surface area contributed by atoms with Gasteiger partial charge in [-0.25, -0.2) is 0 Å². The quantitative estimate of drug-likeness (QED) is 0.815. The number of nitrogens with two attached hydrogens (primary N) is 1. The third kappa shape index (κ3) is 2.70. The fourth-order valence-corrected chi connectivity index (χ4v) is 1.60. The SMILES string of the molecule is CCC(C)N(C)C(=O)c1c(N)cccc1OC. The van der Waals surface area contributed by atoms with Gasteiger partial charge in [-0.1, -0.05) is 13.0 Å². The maximum atomic E-state index is 12.3. The van der Waals surface area contributed by atoms with E-state index in [1.54, 1.807) is 30.1 Å². The van der Waals surface area contributed by atoms with Gasteiger partial charge in [0, 0.05) is 18.8 Å². The largest absolute Gasteiger partial charge is 0.496 e. The highest BCUT2D eigenvalue weighted by Crippen LogP contribution is 2.26. The summed E-state index contributed by atoms with van der Waals surface area (Å²) in [6, 6.07) is 5.40. The lowest BCUT2D eigenvalue weighted by atomic mass is 10.1. The van der Waals surface area contributed by atoms with Crippen LogP contribution in [0.4, 0.5) is 5.69 Å². The summed E-state index contributed by atoms with van der Waals surface area (Å²) in [5.41, 5.74) is 6.74. The summed E-state index contributed by atoms with van der Waals surface area (Å²) in [6.07, 6.45) is 0.900. The van der Waals surface area contributed by atoms with E-state index in [2.05, 4.69) is 0 Å². The molecule has 0 spiro atoms. The molecule has 0 aliphatic heterocycles. The van der Waals surface area contributed by atoms with Gasteiger partial charge < -0.3 is 15.4 Å². The molecule has 4 heteroatoms. The van der Waals surface area contributed by atoms with Crippen LogP contribution in [0.3, 0.4) is 0 Å². The summed E-state index contributed by atoms with van der Waals surface area (Å²) in [6.45, 7) is 4.05. The molecule has 0 radical (unpaired) electrons. The van der Waals surface area contributed by atoms with E-state index in [0.29, 0.717) is 17.0 Å². The first-order chi connectivity index (χ1) is 8.02. The molecule has 1 aromatic carbocycles. The van der Waals surface area contributed by atoms with Crippen molar-refractivity contribution in [2.24, 2.45) is 0 Å². The molecule has 1 aromatic rings. The monoisotopic (exact) mass is 236 g/mol. The van der Waals surface area contributed by atoms with Crippen LogP contribution in [-0.4, -0.2) is 31.0 Å². The van der Waals surface area contributed by atoms with Crippen LogP contribution in [0.5, 0.6) is 5.75 Å². The fourth-order valence-electron chi connectivity index (χ4n) is 1.60. The molecule has 4 nitrogen and oxygen atoms in total. The van der Waals surface area contributed by atoms with Gasteiger partial charge in [-0.15, -0.1) is 0 Å². The van der Waals surface area contributed by atoms with Crippen molar-refractivity contribution < 1.29 is 9.53 Å². The van der Waals surface area contributed by atoms with Crippen molar-refractivity contribution in [3.8, 4) is 5.75 Å². The standard InChI is InChI=1S/C13H20N2O2/c1-5-9(2)15(3)13(16)12-10(14)7-6-8-11(12)17-4/h6-9H,5,14H2,1-4H3. The number of methoxy groups -OCH3 is 1. The Balaban J connectivity index is 3.11.